The molecule has 30 heavy (non-hydrogen) atoms. The Hall–Kier alpha value is -3.08. The molecule has 2 atom stereocenters. The summed E-state index contributed by atoms with van der Waals surface area (Å²) in [4.78, 5) is 27.3. The number of urea groups is 1. The molecule has 1 N–H and O–H groups in total. The Morgan fingerprint density at radius 3 is 2.60 bits per heavy atom. The molecule has 1 saturated heterocycles. The Bertz CT molecular complexity index is 1180. The highest BCUT2D eigenvalue weighted by molar-refractivity contribution is 5.87. The third-order valence-electron chi connectivity index (χ3n) is 6.35. The Kier molecular flexibility index (Phi) is 4.61. The van der Waals surface area contributed by atoms with Gasteiger partial charge in [0.25, 0.3) is 5.56 Å². The first kappa shape index (κ1) is 18.9. The molecule has 3 aromatic rings. The predicted molar refractivity (Wildman–Crippen MR) is 120 cm³/mol. The molecule has 3 heterocycles. The van der Waals surface area contributed by atoms with Crippen LogP contribution in [0.25, 0.3) is 21.9 Å². The zero-order valence-corrected chi connectivity index (χ0v) is 17.5. The zero-order chi connectivity index (χ0) is 20.8. The van der Waals surface area contributed by atoms with Crippen molar-refractivity contribution in [1.82, 2.24) is 14.8 Å². The van der Waals surface area contributed by atoms with Crippen molar-refractivity contribution in [2.45, 2.75) is 38.8 Å². The number of hydrogen-bond donors (Lipinski definition) is 1. The molecule has 0 saturated carbocycles. The highest BCUT2D eigenvalue weighted by Gasteiger charge is 2.37. The average molecular weight is 402 g/mol. The molecule has 154 valence electrons. The van der Waals surface area contributed by atoms with E-state index in [9.17, 15) is 9.59 Å². The summed E-state index contributed by atoms with van der Waals surface area (Å²) in [5, 5.41) is 5.42. The summed E-state index contributed by atoms with van der Waals surface area (Å²) in [6.07, 6.45) is 1.02. The number of carbonyl (C=O) groups excluding carboxylic acids is 1. The lowest BCUT2D eigenvalue weighted by molar-refractivity contribution is 0.130. The fraction of sp³-hybridized carbons (Fsp3) is 0.360. The van der Waals surface area contributed by atoms with Gasteiger partial charge in [0.1, 0.15) is 0 Å². The topological polar surface area (TPSA) is 54.3 Å². The summed E-state index contributed by atoms with van der Waals surface area (Å²) < 4.78 is 1.96. The lowest BCUT2D eigenvalue weighted by atomic mass is 9.80. The van der Waals surface area contributed by atoms with Gasteiger partial charge < -0.3 is 14.8 Å². The van der Waals surface area contributed by atoms with Crippen LogP contribution in [0.3, 0.4) is 0 Å². The van der Waals surface area contributed by atoms with Gasteiger partial charge in [-0.1, -0.05) is 36.4 Å². The Morgan fingerprint density at radius 2 is 1.80 bits per heavy atom. The van der Waals surface area contributed by atoms with Crippen molar-refractivity contribution in [3.63, 3.8) is 0 Å². The van der Waals surface area contributed by atoms with Crippen molar-refractivity contribution in [2.24, 2.45) is 5.92 Å². The maximum atomic E-state index is 12.7. The van der Waals surface area contributed by atoms with Gasteiger partial charge in [-0.2, -0.15) is 0 Å². The summed E-state index contributed by atoms with van der Waals surface area (Å²) >= 11 is 0. The molecule has 2 aliphatic rings. The standard InChI is InChI=1S/C25H27N3O2/c1-16(2)26-25(30)27-13-17-11-21(15-27)24-22(9-10-23(29)28(24)14-17)20-8-7-18-5-3-4-6-19(18)12-20/h3-10,12,16-17,21H,11,13-15H2,1-2H3,(H,26,30). The van der Waals surface area contributed by atoms with E-state index >= 15 is 0 Å². The number of nitrogens with one attached hydrogen (secondary N) is 1. The molecule has 2 amide bonds. The van der Waals surface area contributed by atoms with Gasteiger partial charge in [-0.05, 0) is 54.7 Å². The minimum Gasteiger partial charge on any atom is -0.336 e. The molecule has 1 aromatic heterocycles. The van der Waals surface area contributed by atoms with E-state index in [1.807, 2.05) is 41.5 Å². The largest absolute Gasteiger partial charge is 0.336 e. The number of hydrogen-bond acceptors (Lipinski definition) is 2. The normalized spacial score (nSPS) is 20.3. The second kappa shape index (κ2) is 7.31. The third kappa shape index (κ3) is 3.28. The molecule has 0 spiro atoms. The van der Waals surface area contributed by atoms with Crippen molar-refractivity contribution in [3.8, 4) is 11.1 Å². The van der Waals surface area contributed by atoms with Crippen molar-refractivity contribution in [2.75, 3.05) is 13.1 Å². The molecular weight excluding hydrogens is 374 g/mol. The summed E-state index contributed by atoms with van der Waals surface area (Å²) in [6.45, 7) is 6.00. The van der Waals surface area contributed by atoms with E-state index in [1.54, 1.807) is 6.07 Å². The van der Waals surface area contributed by atoms with Crippen LogP contribution >= 0.6 is 0 Å². The van der Waals surface area contributed by atoms with Crippen molar-refractivity contribution >= 4 is 16.8 Å². The van der Waals surface area contributed by atoms with E-state index in [0.29, 0.717) is 25.6 Å². The molecule has 0 aliphatic carbocycles. The van der Waals surface area contributed by atoms with Crippen molar-refractivity contribution in [3.05, 3.63) is 70.6 Å². The van der Waals surface area contributed by atoms with E-state index < -0.39 is 0 Å². The van der Waals surface area contributed by atoms with Gasteiger partial charge in [-0.15, -0.1) is 0 Å². The number of nitrogens with zero attached hydrogens (tertiary/aromatic N) is 2. The SMILES string of the molecule is CC(C)NC(=O)N1CC2CC(C1)c1c(-c3ccc4ccccc4c3)ccc(=O)n1C2. The number of likely N-dealkylation sites (tertiary alicyclic amines) is 1. The summed E-state index contributed by atoms with van der Waals surface area (Å²) in [5.41, 5.74) is 3.37. The summed E-state index contributed by atoms with van der Waals surface area (Å²) in [6, 6.07) is 18.6. The van der Waals surface area contributed by atoms with Crippen LogP contribution in [-0.4, -0.2) is 34.6 Å². The molecule has 1 fully saturated rings. The van der Waals surface area contributed by atoms with Gasteiger partial charge in [0.2, 0.25) is 0 Å². The van der Waals surface area contributed by atoms with Gasteiger partial charge in [0, 0.05) is 48.9 Å². The predicted octanol–water partition coefficient (Wildman–Crippen LogP) is 4.21. The minimum atomic E-state index is -0.00122. The van der Waals surface area contributed by atoms with E-state index in [1.165, 1.54) is 10.8 Å². The number of aromatic nitrogens is 1. The monoisotopic (exact) mass is 401 g/mol. The lowest BCUT2D eigenvalue weighted by Crippen LogP contribution is -2.53. The van der Waals surface area contributed by atoms with Crippen LogP contribution in [0.15, 0.2) is 59.4 Å². The van der Waals surface area contributed by atoms with Crippen LogP contribution in [0.2, 0.25) is 0 Å². The quantitative estimate of drug-likeness (QED) is 0.700. The van der Waals surface area contributed by atoms with Gasteiger partial charge in [0.05, 0.1) is 0 Å². The molecule has 5 nitrogen and oxygen atoms in total. The second-order valence-corrected chi connectivity index (χ2v) is 8.95. The van der Waals surface area contributed by atoms with Crippen molar-refractivity contribution < 1.29 is 4.79 Å². The number of rotatable bonds is 2. The molecule has 2 bridgehead atoms. The molecule has 5 rings (SSSR count). The third-order valence-corrected chi connectivity index (χ3v) is 6.35. The van der Waals surface area contributed by atoms with Crippen LogP contribution in [0, 0.1) is 5.92 Å². The van der Waals surface area contributed by atoms with Crippen LogP contribution < -0.4 is 10.9 Å². The maximum absolute atomic E-state index is 12.7. The molecular formula is C25H27N3O2. The number of pyridine rings is 1. The zero-order valence-electron chi connectivity index (χ0n) is 17.5. The molecule has 0 radical (unpaired) electrons. The molecule has 2 unspecified atom stereocenters. The first-order valence-electron chi connectivity index (χ1n) is 10.8. The molecule has 2 aromatic carbocycles. The van der Waals surface area contributed by atoms with Gasteiger partial charge in [0.15, 0.2) is 0 Å². The highest BCUT2D eigenvalue weighted by Crippen LogP contribution is 2.40. The smallest absolute Gasteiger partial charge is 0.317 e. The number of benzene rings is 2. The van der Waals surface area contributed by atoms with Gasteiger partial charge in [-0.25, -0.2) is 4.79 Å². The fourth-order valence-corrected chi connectivity index (χ4v) is 5.12. The molecule has 2 aliphatic heterocycles. The summed E-state index contributed by atoms with van der Waals surface area (Å²) in [7, 11) is 0. The number of carbonyl (C=O) groups is 1. The summed E-state index contributed by atoms with van der Waals surface area (Å²) in [5.74, 6) is 0.490. The Balaban J connectivity index is 1.58. The number of piperidine rings is 1. The fourth-order valence-electron chi connectivity index (χ4n) is 5.12. The van der Waals surface area contributed by atoms with E-state index in [2.05, 4.69) is 35.6 Å². The maximum Gasteiger partial charge on any atom is 0.317 e. The van der Waals surface area contributed by atoms with E-state index in [4.69, 9.17) is 0 Å². The second-order valence-electron chi connectivity index (χ2n) is 8.95. The Morgan fingerprint density at radius 1 is 1.00 bits per heavy atom. The van der Waals surface area contributed by atoms with Crippen molar-refractivity contribution in [1.29, 1.82) is 0 Å². The Labute approximate surface area is 176 Å². The van der Waals surface area contributed by atoms with Gasteiger partial charge in [-0.3, -0.25) is 4.79 Å². The number of fused-ring (bicyclic) bond motifs is 5. The van der Waals surface area contributed by atoms with Crippen LogP contribution in [0.1, 0.15) is 31.9 Å². The van der Waals surface area contributed by atoms with Crippen LogP contribution in [-0.2, 0) is 6.54 Å². The minimum absolute atomic E-state index is 0.00122. The van der Waals surface area contributed by atoms with Gasteiger partial charge >= 0.3 is 6.03 Å². The van der Waals surface area contributed by atoms with E-state index in [-0.39, 0.29) is 23.6 Å². The first-order valence-corrected chi connectivity index (χ1v) is 10.8. The van der Waals surface area contributed by atoms with Crippen LogP contribution in [0.5, 0.6) is 0 Å². The first-order chi connectivity index (χ1) is 14.5. The van der Waals surface area contributed by atoms with E-state index in [0.717, 1.165) is 23.2 Å². The number of amides is 2. The molecule has 5 heteroatoms. The highest BCUT2D eigenvalue weighted by atomic mass is 16.2. The van der Waals surface area contributed by atoms with Crippen LogP contribution in [0.4, 0.5) is 4.79 Å². The average Bonchev–Trinajstić information content (AvgIpc) is 2.73. The lowest BCUT2D eigenvalue weighted by Gasteiger charge is -2.43.